The molecule has 118 valence electrons. The number of thiazole rings is 1. The lowest BCUT2D eigenvalue weighted by atomic mass is 10.2. The van der Waals surface area contributed by atoms with E-state index in [9.17, 15) is 0 Å². The molecule has 0 atom stereocenters. The maximum absolute atomic E-state index is 5.66. The largest absolute Gasteiger partial charge is 0.434 e. The number of aromatic amines is 1. The summed E-state index contributed by atoms with van der Waals surface area (Å²) in [6.45, 7) is 0. The molecule has 0 aliphatic heterocycles. The Morgan fingerprint density at radius 3 is 2.96 bits per heavy atom. The lowest BCUT2D eigenvalue weighted by Gasteiger charge is -1.95. The van der Waals surface area contributed by atoms with Gasteiger partial charge in [0, 0.05) is 11.8 Å². The quantitative estimate of drug-likeness (QED) is 0.487. The molecule has 0 aromatic carbocycles. The van der Waals surface area contributed by atoms with Crippen molar-refractivity contribution in [3.05, 3.63) is 36.5 Å². The van der Waals surface area contributed by atoms with E-state index in [1.807, 2.05) is 6.07 Å². The van der Waals surface area contributed by atoms with Crippen LogP contribution in [0.1, 0.15) is 0 Å². The lowest BCUT2D eigenvalue weighted by molar-refractivity contribution is 0.651. The lowest BCUT2D eigenvalue weighted by Crippen LogP contribution is -1.83. The van der Waals surface area contributed by atoms with E-state index < -0.39 is 0 Å². The maximum Gasteiger partial charge on any atom is 0.229 e. The van der Waals surface area contributed by atoms with Gasteiger partial charge in [-0.05, 0) is 6.07 Å². The molecule has 0 bridgehead atoms. The number of aromatic nitrogens is 7. The zero-order chi connectivity index (χ0) is 16.4. The van der Waals surface area contributed by atoms with E-state index in [1.165, 1.54) is 17.7 Å². The second-order valence-electron chi connectivity index (χ2n) is 5.53. The van der Waals surface area contributed by atoms with Crippen molar-refractivity contribution in [2.45, 2.75) is 0 Å². The van der Waals surface area contributed by atoms with Gasteiger partial charge in [-0.25, -0.2) is 29.9 Å². The fraction of sp³-hybridized carbons (Fsp3) is 0. The molecule has 9 heteroatoms. The Bertz CT molecular complexity index is 1410. The number of furan rings is 1. The van der Waals surface area contributed by atoms with Crippen LogP contribution < -0.4 is 0 Å². The fourth-order valence-electron chi connectivity index (χ4n) is 2.95. The summed E-state index contributed by atoms with van der Waals surface area (Å²) in [5, 5.41) is 0.826. The Morgan fingerprint density at radius 1 is 0.960 bits per heavy atom. The Labute approximate surface area is 142 Å². The van der Waals surface area contributed by atoms with Crippen molar-refractivity contribution in [2.75, 3.05) is 0 Å². The minimum Gasteiger partial charge on any atom is -0.434 e. The normalized spacial score (nSPS) is 12.0. The summed E-state index contributed by atoms with van der Waals surface area (Å²) in [6.07, 6.45) is 6.63. The van der Waals surface area contributed by atoms with Gasteiger partial charge in [-0.1, -0.05) is 0 Å². The minimum absolute atomic E-state index is 0.527. The number of hydrogen-bond acceptors (Lipinski definition) is 8. The maximum atomic E-state index is 5.66. The Kier molecular flexibility index (Phi) is 2.35. The first-order valence-electron chi connectivity index (χ1n) is 7.43. The van der Waals surface area contributed by atoms with E-state index in [4.69, 9.17) is 9.40 Å². The SMILES string of the molecule is c1ncc2oc3ncc(-c4nc5c(cnc6scnc65)[nH]4)cc3c2n1. The van der Waals surface area contributed by atoms with Crippen LogP contribution >= 0.6 is 11.3 Å². The molecule has 0 spiro atoms. The molecule has 0 fully saturated rings. The van der Waals surface area contributed by atoms with Gasteiger partial charge in [-0.3, -0.25) is 0 Å². The van der Waals surface area contributed by atoms with E-state index in [1.54, 1.807) is 24.1 Å². The summed E-state index contributed by atoms with van der Waals surface area (Å²) < 4.78 is 5.66. The minimum atomic E-state index is 0.527. The molecule has 6 aromatic heterocycles. The van der Waals surface area contributed by atoms with Crippen molar-refractivity contribution in [1.29, 1.82) is 0 Å². The summed E-state index contributed by atoms with van der Waals surface area (Å²) in [5.74, 6) is 0.704. The molecule has 0 unspecified atom stereocenters. The summed E-state index contributed by atoms with van der Waals surface area (Å²) >= 11 is 1.50. The first kappa shape index (κ1) is 12.9. The molecular formula is C16H7N7OS. The highest BCUT2D eigenvalue weighted by molar-refractivity contribution is 7.16. The molecule has 0 saturated heterocycles. The molecule has 0 amide bonds. The van der Waals surface area contributed by atoms with Crippen LogP contribution in [-0.2, 0) is 0 Å². The summed E-state index contributed by atoms with van der Waals surface area (Å²) in [5.41, 5.74) is 6.94. The number of hydrogen-bond donors (Lipinski definition) is 1. The van der Waals surface area contributed by atoms with Gasteiger partial charge in [-0.2, -0.15) is 0 Å². The predicted molar refractivity (Wildman–Crippen MR) is 93.2 cm³/mol. The van der Waals surface area contributed by atoms with Gasteiger partial charge in [0.05, 0.1) is 28.8 Å². The van der Waals surface area contributed by atoms with Crippen LogP contribution in [0.2, 0.25) is 0 Å². The molecule has 6 aromatic rings. The number of nitrogens with zero attached hydrogens (tertiary/aromatic N) is 6. The topological polar surface area (TPSA) is 106 Å². The molecular weight excluding hydrogens is 338 g/mol. The highest BCUT2D eigenvalue weighted by Gasteiger charge is 2.14. The van der Waals surface area contributed by atoms with Crippen molar-refractivity contribution < 1.29 is 4.42 Å². The molecule has 6 heterocycles. The van der Waals surface area contributed by atoms with E-state index in [0.717, 1.165) is 37.8 Å². The van der Waals surface area contributed by atoms with Gasteiger partial charge in [0.1, 0.15) is 33.5 Å². The van der Waals surface area contributed by atoms with Crippen molar-refractivity contribution in [2.24, 2.45) is 0 Å². The van der Waals surface area contributed by atoms with Crippen LogP contribution in [0.25, 0.3) is 55.0 Å². The standard InChI is InChI=1S/C16H7N7OS/c1-7(2-18-15-8(1)11-10(24-15)4-17-5-20-11)14-22-9-3-19-16-13(12(9)23-14)21-6-25-16/h1-6H,(H,22,23). The van der Waals surface area contributed by atoms with Crippen molar-refractivity contribution in [3.8, 4) is 11.4 Å². The van der Waals surface area contributed by atoms with Crippen LogP contribution in [0.5, 0.6) is 0 Å². The van der Waals surface area contributed by atoms with Gasteiger partial charge < -0.3 is 9.40 Å². The number of nitrogens with one attached hydrogen (secondary N) is 1. The van der Waals surface area contributed by atoms with Crippen LogP contribution in [0.3, 0.4) is 0 Å². The number of pyridine rings is 2. The zero-order valence-corrected chi connectivity index (χ0v) is 13.3. The zero-order valence-electron chi connectivity index (χ0n) is 12.5. The number of rotatable bonds is 1. The third kappa shape index (κ3) is 1.75. The third-order valence-electron chi connectivity index (χ3n) is 4.08. The smallest absolute Gasteiger partial charge is 0.229 e. The molecule has 1 N–H and O–H groups in total. The van der Waals surface area contributed by atoms with Gasteiger partial charge >= 0.3 is 0 Å². The first-order valence-corrected chi connectivity index (χ1v) is 8.31. The van der Waals surface area contributed by atoms with E-state index in [2.05, 4.69) is 29.9 Å². The molecule has 25 heavy (non-hydrogen) atoms. The van der Waals surface area contributed by atoms with Crippen LogP contribution in [0.4, 0.5) is 0 Å². The van der Waals surface area contributed by atoms with E-state index in [0.29, 0.717) is 17.1 Å². The summed E-state index contributed by atoms with van der Waals surface area (Å²) in [6, 6.07) is 1.96. The second kappa shape index (κ2) is 4.54. The Hall–Kier alpha value is -3.46. The Morgan fingerprint density at radius 2 is 1.96 bits per heavy atom. The summed E-state index contributed by atoms with van der Waals surface area (Å²) in [4.78, 5) is 30.3. The highest BCUT2D eigenvalue weighted by atomic mass is 32.1. The molecule has 6 rings (SSSR count). The van der Waals surface area contributed by atoms with Gasteiger partial charge in [0.25, 0.3) is 0 Å². The average Bonchev–Trinajstić information content (AvgIpc) is 3.36. The predicted octanol–water partition coefficient (Wildman–Crippen LogP) is 3.32. The molecule has 0 radical (unpaired) electrons. The number of fused-ring (bicyclic) bond motifs is 6. The van der Waals surface area contributed by atoms with E-state index >= 15 is 0 Å². The molecule has 0 aliphatic rings. The van der Waals surface area contributed by atoms with Gasteiger partial charge in [0.15, 0.2) is 5.58 Å². The van der Waals surface area contributed by atoms with Crippen LogP contribution in [0.15, 0.2) is 40.9 Å². The second-order valence-corrected chi connectivity index (χ2v) is 6.36. The molecule has 0 aliphatic carbocycles. The third-order valence-corrected chi connectivity index (χ3v) is 4.81. The van der Waals surface area contributed by atoms with Crippen molar-refractivity contribution >= 4 is 54.9 Å². The van der Waals surface area contributed by atoms with Gasteiger partial charge in [-0.15, -0.1) is 11.3 Å². The van der Waals surface area contributed by atoms with Gasteiger partial charge in [0.2, 0.25) is 5.71 Å². The number of H-pyrrole nitrogens is 1. The Balaban J connectivity index is 1.63. The van der Waals surface area contributed by atoms with Crippen LogP contribution in [-0.4, -0.2) is 34.9 Å². The monoisotopic (exact) mass is 345 g/mol. The van der Waals surface area contributed by atoms with Crippen molar-refractivity contribution in [1.82, 2.24) is 34.9 Å². The first-order chi connectivity index (χ1) is 12.4. The molecule has 0 saturated carbocycles. The van der Waals surface area contributed by atoms with Crippen LogP contribution in [0, 0.1) is 0 Å². The highest BCUT2D eigenvalue weighted by Crippen LogP contribution is 2.30. The fourth-order valence-corrected chi connectivity index (χ4v) is 3.58. The average molecular weight is 345 g/mol. The molecule has 8 nitrogen and oxygen atoms in total. The van der Waals surface area contributed by atoms with Crippen molar-refractivity contribution in [3.63, 3.8) is 0 Å². The number of imidazole rings is 1. The van der Waals surface area contributed by atoms with E-state index in [-0.39, 0.29) is 0 Å². The summed E-state index contributed by atoms with van der Waals surface area (Å²) in [7, 11) is 0.